The van der Waals surface area contributed by atoms with Gasteiger partial charge in [0.05, 0.1) is 36.7 Å². The quantitative estimate of drug-likeness (QED) is 0.358. The molecule has 33 heavy (non-hydrogen) atoms. The van der Waals surface area contributed by atoms with Crippen molar-refractivity contribution < 1.29 is 42.0 Å². The zero-order chi connectivity index (χ0) is 24.8. The number of rotatable bonds is 8. The first-order valence-corrected chi connectivity index (χ1v) is 9.35. The molecule has 0 unspecified atom stereocenters. The highest BCUT2D eigenvalue weighted by atomic mass is 19.4. The van der Waals surface area contributed by atoms with E-state index in [-0.39, 0.29) is 11.3 Å². The molecule has 0 aliphatic heterocycles. The second-order valence-corrected chi connectivity index (χ2v) is 6.75. The molecule has 0 heterocycles. The molecule has 0 saturated heterocycles. The Hall–Kier alpha value is -3.96. The Balaban J connectivity index is 2.50. The number of benzene rings is 2. The van der Waals surface area contributed by atoms with Crippen LogP contribution in [0.4, 0.5) is 18.9 Å². The van der Waals surface area contributed by atoms with E-state index in [4.69, 9.17) is 4.74 Å². The number of methoxy groups -OCH3 is 2. The van der Waals surface area contributed by atoms with Crippen LogP contribution in [-0.2, 0) is 25.2 Å². The van der Waals surface area contributed by atoms with Gasteiger partial charge >= 0.3 is 18.1 Å². The molecule has 2 aromatic carbocycles. The standard InChI is InChI=1S/C21H19F3N2O7/c1-32-17(27)11-15(12-7-9-13(10-8-12)26(30)31)18(20(29)33-2)25-19(28)14-5-3-4-6-16(14)21(22,23)24/h3-10,15,18H,11H2,1-2H3,(H,25,28)/t15-,18-/m0/s1. The van der Waals surface area contributed by atoms with Crippen LogP contribution in [0.2, 0.25) is 0 Å². The van der Waals surface area contributed by atoms with E-state index in [9.17, 15) is 37.7 Å². The number of non-ortho nitro benzene ring substituents is 1. The summed E-state index contributed by atoms with van der Waals surface area (Å²) in [5, 5.41) is 13.1. The van der Waals surface area contributed by atoms with Gasteiger partial charge in [0.1, 0.15) is 6.04 Å². The SMILES string of the molecule is COC(=O)C[C@@H](c1ccc([N+](=O)[O-])cc1)[C@H](NC(=O)c1ccccc1C(F)(F)F)C(=O)OC. The van der Waals surface area contributed by atoms with Gasteiger partial charge in [-0.1, -0.05) is 24.3 Å². The maximum absolute atomic E-state index is 13.3. The van der Waals surface area contributed by atoms with Crippen LogP contribution < -0.4 is 5.32 Å². The summed E-state index contributed by atoms with van der Waals surface area (Å²) in [5.41, 5.74) is -2.01. The third kappa shape index (κ3) is 6.28. The van der Waals surface area contributed by atoms with Crippen LogP contribution in [0.25, 0.3) is 0 Å². The summed E-state index contributed by atoms with van der Waals surface area (Å²) in [6.45, 7) is 0. The largest absolute Gasteiger partial charge is 0.469 e. The Bertz CT molecular complexity index is 1040. The Morgan fingerprint density at radius 2 is 1.64 bits per heavy atom. The molecule has 0 spiro atoms. The van der Waals surface area contributed by atoms with Crippen molar-refractivity contribution in [2.75, 3.05) is 14.2 Å². The van der Waals surface area contributed by atoms with Crippen LogP contribution in [0.15, 0.2) is 48.5 Å². The molecule has 0 aromatic heterocycles. The van der Waals surface area contributed by atoms with Crippen LogP contribution in [0.3, 0.4) is 0 Å². The van der Waals surface area contributed by atoms with Gasteiger partial charge in [-0.05, 0) is 17.7 Å². The molecule has 1 amide bonds. The Labute approximate surface area is 185 Å². The van der Waals surface area contributed by atoms with Gasteiger partial charge in [-0.3, -0.25) is 19.7 Å². The molecule has 0 aliphatic rings. The number of nitro groups is 1. The molecule has 0 aliphatic carbocycles. The van der Waals surface area contributed by atoms with Gasteiger partial charge in [-0.2, -0.15) is 13.2 Å². The maximum atomic E-state index is 13.3. The lowest BCUT2D eigenvalue weighted by Gasteiger charge is -2.26. The number of halogens is 3. The van der Waals surface area contributed by atoms with E-state index in [1.165, 1.54) is 18.2 Å². The average Bonchev–Trinajstić information content (AvgIpc) is 2.79. The fourth-order valence-corrected chi connectivity index (χ4v) is 3.13. The smallest absolute Gasteiger partial charge is 0.417 e. The van der Waals surface area contributed by atoms with Gasteiger partial charge in [0, 0.05) is 18.1 Å². The molecular weight excluding hydrogens is 449 g/mol. The first kappa shape index (κ1) is 25.3. The monoisotopic (exact) mass is 468 g/mol. The summed E-state index contributed by atoms with van der Waals surface area (Å²) in [7, 11) is 2.08. The molecule has 2 aromatic rings. The van der Waals surface area contributed by atoms with Crippen molar-refractivity contribution in [1.82, 2.24) is 5.32 Å². The number of hydrogen-bond acceptors (Lipinski definition) is 7. The number of carbonyl (C=O) groups is 3. The van der Waals surface area contributed by atoms with Crippen molar-refractivity contribution in [3.8, 4) is 0 Å². The molecular formula is C21H19F3N2O7. The molecule has 0 bridgehead atoms. The second kappa shape index (κ2) is 10.6. The minimum Gasteiger partial charge on any atom is -0.469 e. The van der Waals surface area contributed by atoms with Crippen molar-refractivity contribution in [2.45, 2.75) is 24.6 Å². The molecule has 0 fully saturated rings. The zero-order valence-corrected chi connectivity index (χ0v) is 17.4. The highest BCUT2D eigenvalue weighted by Crippen LogP contribution is 2.32. The van der Waals surface area contributed by atoms with Crippen molar-refractivity contribution in [3.63, 3.8) is 0 Å². The van der Waals surface area contributed by atoms with Gasteiger partial charge in [-0.15, -0.1) is 0 Å². The number of nitrogens with zero attached hydrogens (tertiary/aromatic N) is 1. The highest BCUT2D eigenvalue weighted by molar-refractivity contribution is 5.98. The van der Waals surface area contributed by atoms with E-state index in [2.05, 4.69) is 10.1 Å². The lowest BCUT2D eigenvalue weighted by atomic mass is 9.87. The third-order valence-electron chi connectivity index (χ3n) is 4.77. The van der Waals surface area contributed by atoms with E-state index in [0.717, 1.165) is 38.5 Å². The molecule has 9 nitrogen and oxygen atoms in total. The molecule has 2 rings (SSSR count). The highest BCUT2D eigenvalue weighted by Gasteiger charge is 2.38. The van der Waals surface area contributed by atoms with Crippen LogP contribution in [0.5, 0.6) is 0 Å². The maximum Gasteiger partial charge on any atom is 0.417 e. The van der Waals surface area contributed by atoms with Crippen LogP contribution in [0, 0.1) is 10.1 Å². The summed E-state index contributed by atoms with van der Waals surface area (Å²) in [5.74, 6) is -4.22. The fraction of sp³-hybridized carbons (Fsp3) is 0.286. The molecule has 2 atom stereocenters. The molecule has 0 saturated carbocycles. The van der Waals surface area contributed by atoms with Crippen LogP contribution in [0.1, 0.15) is 33.8 Å². The lowest BCUT2D eigenvalue weighted by molar-refractivity contribution is -0.384. The zero-order valence-electron chi connectivity index (χ0n) is 17.4. The predicted octanol–water partition coefficient (Wildman–Crippen LogP) is 3.23. The second-order valence-electron chi connectivity index (χ2n) is 6.75. The van der Waals surface area contributed by atoms with E-state index in [1.807, 2.05) is 0 Å². The summed E-state index contributed by atoms with van der Waals surface area (Å²) in [6, 6.07) is 7.13. The number of nitro benzene ring substituents is 1. The normalized spacial score (nSPS) is 12.9. The molecule has 12 heteroatoms. The third-order valence-corrected chi connectivity index (χ3v) is 4.77. The predicted molar refractivity (Wildman–Crippen MR) is 107 cm³/mol. The average molecular weight is 468 g/mol. The first-order valence-electron chi connectivity index (χ1n) is 9.35. The summed E-state index contributed by atoms with van der Waals surface area (Å²) < 4.78 is 49.3. The number of nitrogens with one attached hydrogen (secondary N) is 1. The summed E-state index contributed by atoms with van der Waals surface area (Å²) in [6.07, 6.45) is -5.31. The van der Waals surface area contributed by atoms with Gasteiger partial charge in [0.15, 0.2) is 0 Å². The van der Waals surface area contributed by atoms with Crippen molar-refractivity contribution in [1.29, 1.82) is 0 Å². The van der Waals surface area contributed by atoms with Gasteiger partial charge in [-0.25, -0.2) is 4.79 Å². The van der Waals surface area contributed by atoms with E-state index >= 15 is 0 Å². The van der Waals surface area contributed by atoms with Crippen molar-refractivity contribution >= 4 is 23.5 Å². The number of esters is 2. The van der Waals surface area contributed by atoms with Crippen LogP contribution >= 0.6 is 0 Å². The summed E-state index contributed by atoms with van der Waals surface area (Å²) >= 11 is 0. The van der Waals surface area contributed by atoms with Gasteiger partial charge < -0.3 is 14.8 Å². The van der Waals surface area contributed by atoms with E-state index in [0.29, 0.717) is 6.07 Å². The van der Waals surface area contributed by atoms with Crippen molar-refractivity contribution in [2.24, 2.45) is 0 Å². The number of ether oxygens (including phenoxy) is 2. The minimum atomic E-state index is -4.83. The number of alkyl halides is 3. The molecule has 176 valence electrons. The Morgan fingerprint density at radius 1 is 1.03 bits per heavy atom. The number of hydrogen-bond donors (Lipinski definition) is 1. The topological polar surface area (TPSA) is 125 Å². The number of carbonyl (C=O) groups excluding carboxylic acids is 3. The van der Waals surface area contributed by atoms with Gasteiger partial charge in [0.2, 0.25) is 0 Å². The Kier molecular flexibility index (Phi) is 8.10. The van der Waals surface area contributed by atoms with Crippen LogP contribution in [-0.4, -0.2) is 43.0 Å². The van der Waals surface area contributed by atoms with Gasteiger partial charge in [0.25, 0.3) is 11.6 Å². The fourth-order valence-electron chi connectivity index (χ4n) is 3.13. The summed E-state index contributed by atoms with van der Waals surface area (Å²) in [4.78, 5) is 47.5. The first-order chi connectivity index (χ1) is 15.5. The van der Waals surface area contributed by atoms with E-state index < -0.39 is 58.5 Å². The number of amides is 1. The molecule has 0 radical (unpaired) electrons. The van der Waals surface area contributed by atoms with E-state index in [1.54, 1.807) is 0 Å². The molecule has 1 N–H and O–H groups in total. The van der Waals surface area contributed by atoms with Crippen molar-refractivity contribution in [3.05, 3.63) is 75.3 Å². The Morgan fingerprint density at radius 3 is 2.15 bits per heavy atom. The minimum absolute atomic E-state index is 0.214. The lowest BCUT2D eigenvalue weighted by Crippen LogP contribution is -2.46.